The smallest absolute Gasteiger partial charge is 0.300 e. The Morgan fingerprint density at radius 3 is 2.59 bits per heavy atom. The normalized spacial score (nSPS) is 22.2. The quantitative estimate of drug-likeness (QED) is 0.740. The number of hydrogen-bond donors (Lipinski definition) is 3. The minimum atomic E-state index is -0.833. The summed E-state index contributed by atoms with van der Waals surface area (Å²) in [6.07, 6.45) is 2.12. The number of carboxylic acids is 1. The highest BCUT2D eigenvalue weighted by Gasteiger charge is 2.28. The van der Waals surface area contributed by atoms with Crippen molar-refractivity contribution in [3.8, 4) is 5.88 Å². The summed E-state index contributed by atoms with van der Waals surface area (Å²) >= 11 is 0. The molecule has 0 bridgehead atoms. The van der Waals surface area contributed by atoms with Gasteiger partial charge in [0.1, 0.15) is 6.10 Å². The highest BCUT2D eigenvalue weighted by Crippen LogP contribution is 2.30. The molecule has 2 aliphatic rings. The first-order valence-corrected chi connectivity index (χ1v) is 9.31. The third kappa shape index (κ3) is 5.05. The predicted octanol–water partition coefficient (Wildman–Crippen LogP) is 1.42. The van der Waals surface area contributed by atoms with Gasteiger partial charge in [0.25, 0.3) is 5.97 Å². The average molecular weight is 374 g/mol. The van der Waals surface area contributed by atoms with Crippen molar-refractivity contribution in [3.63, 3.8) is 0 Å². The van der Waals surface area contributed by atoms with Crippen molar-refractivity contribution in [2.75, 3.05) is 31.1 Å². The molecule has 0 spiro atoms. The molecular formula is C19H26N4O4. The molecule has 1 aliphatic carbocycles. The molecule has 8 heteroatoms. The molecule has 0 radical (unpaired) electrons. The van der Waals surface area contributed by atoms with Gasteiger partial charge in [-0.1, -0.05) is 12.1 Å². The van der Waals surface area contributed by atoms with Gasteiger partial charge < -0.3 is 25.2 Å². The first-order valence-electron chi connectivity index (χ1n) is 9.31. The second-order valence-electron chi connectivity index (χ2n) is 6.76. The number of carbonyl (C=O) groups is 1. The number of rotatable bonds is 3. The number of hydrogen-bond acceptors (Lipinski definition) is 7. The molecule has 8 nitrogen and oxygen atoms in total. The molecule has 146 valence electrons. The fourth-order valence-corrected chi connectivity index (χ4v) is 3.32. The molecular weight excluding hydrogens is 348 g/mol. The van der Waals surface area contributed by atoms with Gasteiger partial charge in [-0.2, -0.15) is 4.98 Å². The van der Waals surface area contributed by atoms with E-state index in [9.17, 15) is 5.11 Å². The summed E-state index contributed by atoms with van der Waals surface area (Å²) in [5.41, 5.74) is 0.888. The van der Waals surface area contributed by atoms with E-state index in [1.54, 1.807) is 0 Å². The third-order valence-electron chi connectivity index (χ3n) is 4.64. The molecule has 2 aromatic rings. The summed E-state index contributed by atoms with van der Waals surface area (Å²) in [6, 6.07) is 7.91. The predicted molar refractivity (Wildman–Crippen MR) is 102 cm³/mol. The van der Waals surface area contributed by atoms with Gasteiger partial charge >= 0.3 is 0 Å². The number of fused-ring (bicyclic) bond motifs is 1. The van der Waals surface area contributed by atoms with Crippen molar-refractivity contribution in [1.29, 1.82) is 0 Å². The Morgan fingerprint density at radius 1 is 1.22 bits per heavy atom. The van der Waals surface area contributed by atoms with Gasteiger partial charge in [-0.25, -0.2) is 4.98 Å². The van der Waals surface area contributed by atoms with Gasteiger partial charge in [0, 0.05) is 33.1 Å². The maximum absolute atomic E-state index is 10.1. The number of aliphatic hydroxyl groups excluding tert-OH is 1. The Morgan fingerprint density at radius 2 is 1.93 bits per heavy atom. The average Bonchev–Trinajstić information content (AvgIpc) is 3.06. The number of aliphatic carboxylic acids is 1. The van der Waals surface area contributed by atoms with Gasteiger partial charge in [0.2, 0.25) is 11.8 Å². The van der Waals surface area contributed by atoms with Crippen LogP contribution in [-0.2, 0) is 4.79 Å². The number of aliphatic hydroxyl groups is 1. The topological polar surface area (TPSA) is 108 Å². The summed E-state index contributed by atoms with van der Waals surface area (Å²) in [5, 5.41) is 21.7. The highest BCUT2D eigenvalue weighted by molar-refractivity contribution is 5.84. The van der Waals surface area contributed by atoms with Crippen molar-refractivity contribution < 1.29 is 19.7 Å². The van der Waals surface area contributed by atoms with Crippen LogP contribution >= 0.6 is 0 Å². The van der Waals surface area contributed by atoms with E-state index in [2.05, 4.69) is 15.2 Å². The summed E-state index contributed by atoms with van der Waals surface area (Å²) in [7, 11) is 0. The Labute approximate surface area is 158 Å². The van der Waals surface area contributed by atoms with E-state index in [0.717, 1.165) is 63.3 Å². The molecule has 2 fully saturated rings. The number of anilines is 1. The number of para-hydroxylation sites is 1. The zero-order valence-corrected chi connectivity index (χ0v) is 15.5. The highest BCUT2D eigenvalue weighted by atomic mass is 16.5. The zero-order valence-electron chi connectivity index (χ0n) is 15.5. The van der Waals surface area contributed by atoms with Gasteiger partial charge in [-0.3, -0.25) is 4.79 Å². The number of benzene rings is 1. The largest absolute Gasteiger partial charge is 0.481 e. The summed E-state index contributed by atoms with van der Waals surface area (Å²) in [6.45, 7) is 4.75. The second kappa shape index (κ2) is 8.96. The van der Waals surface area contributed by atoms with Gasteiger partial charge in [0.05, 0.1) is 17.0 Å². The molecule has 1 aliphatic heterocycles. The third-order valence-corrected chi connectivity index (χ3v) is 4.64. The molecule has 4 rings (SSSR count). The number of nitrogens with one attached hydrogen (secondary N) is 1. The van der Waals surface area contributed by atoms with Crippen LogP contribution in [0.4, 0.5) is 5.95 Å². The van der Waals surface area contributed by atoms with Crippen LogP contribution in [0.5, 0.6) is 5.88 Å². The standard InChI is InChI=1S/C17H22N4O2.C2H4O2/c22-14-6-3-7-15(14)23-16-12-4-1-2-5-13(12)19-17(20-16)21-10-8-18-9-11-21;1-2(3)4/h1-2,4-5,14-15,18,22H,3,6-11H2;1H3,(H,3,4)/t14-,15-;/m0./s1. The van der Waals surface area contributed by atoms with Crippen molar-refractivity contribution in [2.45, 2.75) is 38.4 Å². The molecule has 1 saturated carbocycles. The fraction of sp³-hybridized carbons (Fsp3) is 0.526. The van der Waals surface area contributed by atoms with E-state index < -0.39 is 12.1 Å². The van der Waals surface area contributed by atoms with Crippen LogP contribution in [0.3, 0.4) is 0 Å². The Balaban J connectivity index is 0.000000481. The Kier molecular flexibility index (Phi) is 6.41. The van der Waals surface area contributed by atoms with E-state index in [0.29, 0.717) is 11.8 Å². The van der Waals surface area contributed by atoms with E-state index >= 15 is 0 Å². The molecule has 1 aromatic heterocycles. The maximum atomic E-state index is 10.1. The minimum Gasteiger partial charge on any atom is -0.481 e. The van der Waals surface area contributed by atoms with Crippen LogP contribution in [0.1, 0.15) is 26.2 Å². The first-order chi connectivity index (χ1) is 13.0. The maximum Gasteiger partial charge on any atom is 0.300 e. The lowest BCUT2D eigenvalue weighted by Gasteiger charge is -2.28. The molecule has 2 atom stereocenters. The number of carboxylic acid groups (broad SMARTS) is 1. The molecule has 2 heterocycles. The van der Waals surface area contributed by atoms with Crippen LogP contribution in [0.2, 0.25) is 0 Å². The summed E-state index contributed by atoms with van der Waals surface area (Å²) in [5.74, 6) is 0.475. The lowest BCUT2D eigenvalue weighted by atomic mass is 10.2. The van der Waals surface area contributed by atoms with Gasteiger partial charge in [0.15, 0.2) is 0 Å². The Hall–Kier alpha value is -2.45. The van der Waals surface area contributed by atoms with Crippen LogP contribution in [0.25, 0.3) is 10.9 Å². The number of nitrogens with zero attached hydrogens (tertiary/aromatic N) is 3. The van der Waals surface area contributed by atoms with Gasteiger partial charge in [-0.15, -0.1) is 0 Å². The number of ether oxygens (including phenoxy) is 1. The number of aromatic nitrogens is 2. The second-order valence-corrected chi connectivity index (χ2v) is 6.76. The van der Waals surface area contributed by atoms with Crippen LogP contribution in [0.15, 0.2) is 24.3 Å². The molecule has 0 amide bonds. The van der Waals surface area contributed by atoms with E-state index in [1.165, 1.54) is 0 Å². The van der Waals surface area contributed by atoms with Crippen molar-refractivity contribution >= 4 is 22.8 Å². The molecule has 0 unspecified atom stereocenters. The molecule has 1 saturated heterocycles. The summed E-state index contributed by atoms with van der Waals surface area (Å²) < 4.78 is 6.09. The van der Waals surface area contributed by atoms with Gasteiger partial charge in [-0.05, 0) is 31.4 Å². The minimum absolute atomic E-state index is 0.163. The number of piperazine rings is 1. The SMILES string of the molecule is CC(=O)O.O[C@H]1CCC[C@@H]1Oc1nc(N2CCNCC2)nc2ccccc12. The van der Waals surface area contributed by atoms with Crippen molar-refractivity contribution in [1.82, 2.24) is 15.3 Å². The van der Waals surface area contributed by atoms with E-state index in [4.69, 9.17) is 19.6 Å². The van der Waals surface area contributed by atoms with Crippen molar-refractivity contribution in [2.24, 2.45) is 0 Å². The molecule has 27 heavy (non-hydrogen) atoms. The van der Waals surface area contributed by atoms with Crippen LogP contribution in [0, 0.1) is 0 Å². The van der Waals surface area contributed by atoms with E-state index in [1.807, 2.05) is 24.3 Å². The Bertz CT molecular complexity index is 775. The molecule has 1 aromatic carbocycles. The van der Waals surface area contributed by atoms with Crippen LogP contribution < -0.4 is 15.0 Å². The van der Waals surface area contributed by atoms with Crippen LogP contribution in [-0.4, -0.2) is 64.5 Å². The molecule has 3 N–H and O–H groups in total. The lowest BCUT2D eigenvalue weighted by molar-refractivity contribution is -0.134. The first kappa shape index (κ1) is 19.3. The zero-order chi connectivity index (χ0) is 19.2. The fourth-order valence-electron chi connectivity index (χ4n) is 3.32. The summed E-state index contributed by atoms with van der Waals surface area (Å²) in [4.78, 5) is 20.6. The monoisotopic (exact) mass is 374 g/mol. The lowest BCUT2D eigenvalue weighted by Crippen LogP contribution is -2.44. The van der Waals surface area contributed by atoms with E-state index in [-0.39, 0.29) is 6.10 Å². The van der Waals surface area contributed by atoms with Crippen molar-refractivity contribution in [3.05, 3.63) is 24.3 Å².